The largest absolute Gasteiger partial charge is 0.495 e. The Balaban J connectivity index is 2.12. The zero-order chi connectivity index (χ0) is 15.1. The predicted molar refractivity (Wildman–Crippen MR) is 82.1 cm³/mol. The van der Waals surface area contributed by atoms with Crippen LogP contribution in [-0.2, 0) is 6.54 Å². The molecule has 1 aromatic carbocycles. The minimum absolute atomic E-state index is 0.0704. The van der Waals surface area contributed by atoms with Crippen LogP contribution < -0.4 is 4.74 Å². The van der Waals surface area contributed by atoms with Gasteiger partial charge in [-0.15, -0.1) is 0 Å². The van der Waals surface area contributed by atoms with Crippen molar-refractivity contribution in [2.24, 2.45) is 0 Å². The lowest BCUT2D eigenvalue weighted by Gasteiger charge is -2.21. The Morgan fingerprint density at radius 1 is 1.29 bits per heavy atom. The Hall–Kier alpha value is -1.54. The molecule has 2 rings (SSSR count). The zero-order valence-electron chi connectivity index (χ0n) is 12.5. The molecule has 0 aromatic heterocycles. The average Bonchev–Trinajstić information content (AvgIpc) is 3.32. The number of methoxy groups -OCH3 is 1. The van der Waals surface area contributed by atoms with Crippen LogP contribution in [0.15, 0.2) is 18.2 Å². The van der Waals surface area contributed by atoms with Gasteiger partial charge in [-0.25, -0.2) is 0 Å². The molecule has 0 atom stereocenters. The number of nitrogens with zero attached hydrogens (tertiary/aromatic N) is 1. The third kappa shape index (κ3) is 4.75. The molecule has 0 spiro atoms. The fraction of sp³-hybridized carbons (Fsp3) is 0.529. The lowest BCUT2D eigenvalue weighted by Crippen LogP contribution is -2.28. The lowest BCUT2D eigenvalue weighted by molar-refractivity contribution is 0.183. The molecule has 114 valence electrons. The SMILES string of the molecule is COc1ccc(CN(CCO)C2CC2)cc1C#CCCO. The molecular weight excluding hydrogens is 266 g/mol. The van der Waals surface area contributed by atoms with Crippen LogP contribution in [0.3, 0.4) is 0 Å². The summed E-state index contributed by atoms with van der Waals surface area (Å²) in [4.78, 5) is 2.31. The Morgan fingerprint density at radius 2 is 2.10 bits per heavy atom. The van der Waals surface area contributed by atoms with Gasteiger partial charge in [-0.2, -0.15) is 0 Å². The standard InChI is InChI=1S/C17H23NO3/c1-21-17-8-5-14(12-15(17)4-2-3-10-19)13-18(9-11-20)16-6-7-16/h5,8,12,16,19-20H,3,6-7,9-11,13H2,1H3. The molecule has 0 saturated heterocycles. The van der Waals surface area contributed by atoms with Gasteiger partial charge in [-0.1, -0.05) is 17.9 Å². The van der Waals surface area contributed by atoms with Crippen LogP contribution >= 0.6 is 0 Å². The van der Waals surface area contributed by atoms with Gasteiger partial charge in [-0.05, 0) is 30.5 Å². The molecule has 1 saturated carbocycles. The first-order valence-electron chi connectivity index (χ1n) is 7.40. The van der Waals surface area contributed by atoms with Crippen molar-refractivity contribution in [3.8, 4) is 17.6 Å². The summed E-state index contributed by atoms with van der Waals surface area (Å²) >= 11 is 0. The first kappa shape index (κ1) is 15.8. The lowest BCUT2D eigenvalue weighted by atomic mass is 10.1. The highest BCUT2D eigenvalue weighted by molar-refractivity contribution is 5.48. The van der Waals surface area contributed by atoms with Crippen LogP contribution in [0.5, 0.6) is 5.75 Å². The van der Waals surface area contributed by atoms with E-state index in [0.29, 0.717) is 19.0 Å². The van der Waals surface area contributed by atoms with E-state index in [1.54, 1.807) is 7.11 Å². The molecule has 2 N–H and O–H groups in total. The number of rotatable bonds is 7. The third-order valence-corrected chi connectivity index (χ3v) is 3.56. The average molecular weight is 289 g/mol. The zero-order valence-corrected chi connectivity index (χ0v) is 12.5. The van der Waals surface area contributed by atoms with E-state index in [9.17, 15) is 0 Å². The molecule has 1 aromatic rings. The highest BCUT2D eigenvalue weighted by Gasteiger charge is 2.28. The molecule has 0 aliphatic heterocycles. The number of benzene rings is 1. The monoisotopic (exact) mass is 289 g/mol. The van der Waals surface area contributed by atoms with Gasteiger partial charge in [0.1, 0.15) is 5.75 Å². The number of aliphatic hydroxyl groups is 2. The van der Waals surface area contributed by atoms with Crippen molar-refractivity contribution in [1.82, 2.24) is 4.90 Å². The maximum Gasteiger partial charge on any atom is 0.134 e. The van der Waals surface area contributed by atoms with Crippen LogP contribution in [0.4, 0.5) is 0 Å². The summed E-state index contributed by atoms with van der Waals surface area (Å²) in [5, 5.41) is 18.0. The van der Waals surface area contributed by atoms with Gasteiger partial charge < -0.3 is 14.9 Å². The minimum atomic E-state index is 0.0704. The van der Waals surface area contributed by atoms with Crippen molar-refractivity contribution in [3.63, 3.8) is 0 Å². The first-order valence-corrected chi connectivity index (χ1v) is 7.40. The van der Waals surface area contributed by atoms with Crippen LogP contribution in [0.1, 0.15) is 30.4 Å². The Bertz CT molecular complexity index is 515. The molecule has 4 heteroatoms. The van der Waals surface area contributed by atoms with E-state index in [1.807, 2.05) is 18.2 Å². The van der Waals surface area contributed by atoms with E-state index in [-0.39, 0.29) is 13.2 Å². The number of hydrogen-bond donors (Lipinski definition) is 2. The van der Waals surface area contributed by atoms with Gasteiger partial charge in [0.2, 0.25) is 0 Å². The van der Waals surface area contributed by atoms with Gasteiger partial charge >= 0.3 is 0 Å². The van der Waals surface area contributed by atoms with Crippen LogP contribution in [-0.4, -0.2) is 48.0 Å². The summed E-state index contributed by atoms with van der Waals surface area (Å²) in [6.07, 6.45) is 2.91. The van der Waals surface area contributed by atoms with Crippen LogP contribution in [0, 0.1) is 11.8 Å². The predicted octanol–water partition coefficient (Wildman–Crippen LogP) is 1.39. The fourth-order valence-corrected chi connectivity index (χ4v) is 2.36. The second-order valence-corrected chi connectivity index (χ2v) is 5.24. The summed E-state index contributed by atoms with van der Waals surface area (Å²) in [6, 6.07) is 6.63. The number of ether oxygens (including phenoxy) is 1. The molecule has 1 aliphatic rings. The van der Waals surface area contributed by atoms with Crippen LogP contribution in [0.25, 0.3) is 0 Å². The molecule has 0 unspecified atom stereocenters. The van der Waals surface area contributed by atoms with Crippen molar-refractivity contribution in [2.45, 2.75) is 31.8 Å². The molecule has 0 bridgehead atoms. The maximum absolute atomic E-state index is 9.16. The van der Waals surface area contributed by atoms with E-state index in [0.717, 1.165) is 17.9 Å². The van der Waals surface area contributed by atoms with Crippen molar-refractivity contribution >= 4 is 0 Å². The summed E-state index contributed by atoms with van der Waals surface area (Å²) < 4.78 is 5.32. The Kier molecular flexibility index (Phi) is 6.06. The van der Waals surface area contributed by atoms with E-state index in [1.165, 1.54) is 18.4 Å². The third-order valence-electron chi connectivity index (χ3n) is 3.56. The van der Waals surface area contributed by atoms with Gasteiger partial charge in [0, 0.05) is 25.6 Å². The molecule has 0 amide bonds. The maximum atomic E-state index is 9.16. The molecule has 0 heterocycles. The summed E-state index contributed by atoms with van der Waals surface area (Å²) in [5.74, 6) is 6.74. The van der Waals surface area contributed by atoms with Crippen molar-refractivity contribution < 1.29 is 14.9 Å². The number of hydrogen-bond acceptors (Lipinski definition) is 4. The molecule has 4 nitrogen and oxygen atoms in total. The highest BCUT2D eigenvalue weighted by atomic mass is 16.5. The number of aliphatic hydroxyl groups excluding tert-OH is 2. The van der Waals surface area contributed by atoms with E-state index in [2.05, 4.69) is 16.7 Å². The van der Waals surface area contributed by atoms with Gasteiger partial charge in [0.05, 0.1) is 25.9 Å². The van der Waals surface area contributed by atoms with Gasteiger partial charge in [0.25, 0.3) is 0 Å². The quantitative estimate of drug-likeness (QED) is 0.745. The van der Waals surface area contributed by atoms with Crippen molar-refractivity contribution in [1.29, 1.82) is 0 Å². The minimum Gasteiger partial charge on any atom is -0.495 e. The van der Waals surface area contributed by atoms with Crippen molar-refractivity contribution in [3.05, 3.63) is 29.3 Å². The van der Waals surface area contributed by atoms with Crippen LogP contribution in [0.2, 0.25) is 0 Å². The summed E-state index contributed by atoms with van der Waals surface area (Å²) in [5.41, 5.74) is 2.02. The molecule has 21 heavy (non-hydrogen) atoms. The van der Waals surface area contributed by atoms with E-state index < -0.39 is 0 Å². The topological polar surface area (TPSA) is 52.9 Å². The normalized spacial score (nSPS) is 13.9. The summed E-state index contributed by atoms with van der Waals surface area (Å²) in [6.45, 7) is 1.79. The van der Waals surface area contributed by atoms with Gasteiger partial charge in [-0.3, -0.25) is 4.90 Å². The second-order valence-electron chi connectivity index (χ2n) is 5.24. The highest BCUT2D eigenvalue weighted by Crippen LogP contribution is 2.28. The molecule has 1 fully saturated rings. The van der Waals surface area contributed by atoms with E-state index in [4.69, 9.17) is 14.9 Å². The van der Waals surface area contributed by atoms with Crippen molar-refractivity contribution in [2.75, 3.05) is 26.9 Å². The smallest absolute Gasteiger partial charge is 0.134 e. The fourth-order valence-electron chi connectivity index (χ4n) is 2.36. The van der Waals surface area contributed by atoms with E-state index >= 15 is 0 Å². The molecule has 1 aliphatic carbocycles. The Morgan fingerprint density at radius 3 is 2.71 bits per heavy atom. The Labute approximate surface area is 126 Å². The first-order chi connectivity index (χ1) is 10.3. The summed E-state index contributed by atoms with van der Waals surface area (Å²) in [7, 11) is 1.63. The second kappa shape index (κ2) is 8.04. The van der Waals surface area contributed by atoms with Gasteiger partial charge in [0.15, 0.2) is 0 Å². The molecule has 0 radical (unpaired) electrons. The molecular formula is C17H23NO3.